The Morgan fingerprint density at radius 2 is 1.80 bits per heavy atom. The summed E-state index contributed by atoms with van der Waals surface area (Å²) >= 11 is 0. The molecule has 0 bridgehead atoms. The van der Waals surface area contributed by atoms with Crippen LogP contribution < -0.4 is 10.9 Å². The highest BCUT2D eigenvalue weighted by molar-refractivity contribution is 5.85. The van der Waals surface area contributed by atoms with Crippen molar-refractivity contribution in [1.82, 2.24) is 10.2 Å². The zero-order valence-corrected chi connectivity index (χ0v) is 11.6. The SMILES string of the molecule is CC(C)(C)OC(=O)Nc1ccc(-c2cc(=O)[nH][nH]2)cc1. The first-order valence-electron chi connectivity index (χ1n) is 6.22. The second-order valence-electron chi connectivity index (χ2n) is 5.38. The fraction of sp³-hybridized carbons (Fsp3) is 0.286. The van der Waals surface area contributed by atoms with Gasteiger partial charge >= 0.3 is 6.09 Å². The Balaban J connectivity index is 2.05. The van der Waals surface area contributed by atoms with Crippen LogP contribution in [0.15, 0.2) is 35.1 Å². The third-order valence-corrected chi connectivity index (χ3v) is 2.44. The lowest BCUT2D eigenvalue weighted by molar-refractivity contribution is 0.0636. The number of ether oxygens (including phenoxy) is 1. The van der Waals surface area contributed by atoms with E-state index in [9.17, 15) is 9.59 Å². The molecule has 1 heterocycles. The number of benzene rings is 1. The normalized spacial score (nSPS) is 11.2. The largest absolute Gasteiger partial charge is 0.444 e. The Labute approximate surface area is 116 Å². The molecular formula is C14H17N3O3. The lowest BCUT2D eigenvalue weighted by Crippen LogP contribution is -2.27. The van der Waals surface area contributed by atoms with Crippen LogP contribution in [-0.4, -0.2) is 21.9 Å². The highest BCUT2D eigenvalue weighted by Gasteiger charge is 2.16. The van der Waals surface area contributed by atoms with Gasteiger partial charge in [0.1, 0.15) is 5.60 Å². The van der Waals surface area contributed by atoms with Gasteiger partial charge in [-0.2, -0.15) is 0 Å². The summed E-state index contributed by atoms with van der Waals surface area (Å²) in [7, 11) is 0. The third kappa shape index (κ3) is 3.74. The lowest BCUT2D eigenvalue weighted by atomic mass is 10.1. The number of carbonyl (C=O) groups excluding carboxylic acids is 1. The van der Waals surface area contributed by atoms with E-state index in [0.29, 0.717) is 11.4 Å². The fourth-order valence-corrected chi connectivity index (χ4v) is 1.64. The van der Waals surface area contributed by atoms with Gasteiger partial charge in [-0.25, -0.2) is 4.79 Å². The van der Waals surface area contributed by atoms with Crippen molar-refractivity contribution in [3.8, 4) is 11.3 Å². The molecule has 0 fully saturated rings. The Hall–Kier alpha value is -2.50. The second-order valence-corrected chi connectivity index (χ2v) is 5.38. The van der Waals surface area contributed by atoms with Gasteiger partial charge in [-0.1, -0.05) is 12.1 Å². The minimum absolute atomic E-state index is 0.184. The summed E-state index contributed by atoms with van der Waals surface area (Å²) in [4.78, 5) is 22.6. The molecule has 0 atom stereocenters. The molecule has 106 valence electrons. The Morgan fingerprint density at radius 1 is 1.15 bits per heavy atom. The number of aromatic nitrogens is 2. The quantitative estimate of drug-likeness (QED) is 0.787. The number of H-pyrrole nitrogens is 2. The summed E-state index contributed by atoms with van der Waals surface area (Å²) in [5.74, 6) is 0. The smallest absolute Gasteiger partial charge is 0.412 e. The van der Waals surface area contributed by atoms with Crippen molar-refractivity contribution in [2.45, 2.75) is 26.4 Å². The summed E-state index contributed by atoms with van der Waals surface area (Å²) in [6.07, 6.45) is -0.500. The Kier molecular flexibility index (Phi) is 3.65. The van der Waals surface area contributed by atoms with E-state index in [1.54, 1.807) is 45.0 Å². The highest BCUT2D eigenvalue weighted by Crippen LogP contribution is 2.18. The van der Waals surface area contributed by atoms with Gasteiger partial charge < -0.3 is 4.74 Å². The first-order chi connectivity index (χ1) is 9.33. The molecule has 6 nitrogen and oxygen atoms in total. The molecule has 0 unspecified atom stereocenters. The molecule has 20 heavy (non-hydrogen) atoms. The number of nitrogens with one attached hydrogen (secondary N) is 3. The molecule has 3 N–H and O–H groups in total. The number of rotatable bonds is 2. The summed E-state index contributed by atoms with van der Waals surface area (Å²) in [5.41, 5.74) is 1.45. The highest BCUT2D eigenvalue weighted by atomic mass is 16.6. The molecule has 0 saturated carbocycles. The maximum atomic E-state index is 11.6. The molecule has 0 aliphatic carbocycles. The first kappa shape index (κ1) is 13.9. The molecule has 0 spiro atoms. The van der Waals surface area contributed by atoms with Crippen molar-refractivity contribution in [3.63, 3.8) is 0 Å². The van der Waals surface area contributed by atoms with Gasteiger partial charge in [0.25, 0.3) is 5.56 Å². The van der Waals surface area contributed by atoms with E-state index in [2.05, 4.69) is 15.5 Å². The predicted octanol–water partition coefficient (Wildman–Crippen LogP) is 2.72. The number of hydrogen-bond donors (Lipinski definition) is 3. The van der Waals surface area contributed by atoms with Crippen molar-refractivity contribution in [3.05, 3.63) is 40.7 Å². The maximum Gasteiger partial charge on any atom is 0.412 e. The minimum Gasteiger partial charge on any atom is -0.444 e. The number of hydrogen-bond acceptors (Lipinski definition) is 3. The summed E-state index contributed by atoms with van der Waals surface area (Å²) < 4.78 is 5.16. The molecule has 0 radical (unpaired) electrons. The van der Waals surface area contributed by atoms with E-state index in [4.69, 9.17) is 4.74 Å². The van der Waals surface area contributed by atoms with Gasteiger partial charge in [-0.15, -0.1) is 0 Å². The second kappa shape index (κ2) is 5.24. The minimum atomic E-state index is -0.533. The van der Waals surface area contributed by atoms with Gasteiger partial charge in [0.15, 0.2) is 0 Å². The van der Waals surface area contributed by atoms with Crippen LogP contribution in [0, 0.1) is 0 Å². The zero-order valence-electron chi connectivity index (χ0n) is 11.6. The van der Waals surface area contributed by atoms with Gasteiger partial charge in [0.05, 0.1) is 5.69 Å². The average molecular weight is 275 g/mol. The maximum absolute atomic E-state index is 11.6. The standard InChI is InChI=1S/C14H17N3O3/c1-14(2,3)20-13(19)15-10-6-4-9(5-7-10)11-8-12(18)17-16-11/h4-8H,1-3H3,(H,15,19)(H2,16,17,18). The molecule has 0 aliphatic rings. The molecule has 1 amide bonds. The third-order valence-electron chi connectivity index (χ3n) is 2.44. The van der Waals surface area contributed by atoms with Crippen LogP contribution in [0.5, 0.6) is 0 Å². The van der Waals surface area contributed by atoms with E-state index in [1.807, 2.05) is 0 Å². The van der Waals surface area contributed by atoms with Crippen LogP contribution in [0.1, 0.15) is 20.8 Å². The first-order valence-corrected chi connectivity index (χ1v) is 6.22. The summed E-state index contributed by atoms with van der Waals surface area (Å²) in [5, 5.41) is 7.87. The van der Waals surface area contributed by atoms with E-state index in [1.165, 1.54) is 6.07 Å². The predicted molar refractivity (Wildman–Crippen MR) is 76.7 cm³/mol. The van der Waals surface area contributed by atoms with Gasteiger partial charge in [0.2, 0.25) is 0 Å². The molecule has 1 aromatic heterocycles. The monoisotopic (exact) mass is 275 g/mol. The Bertz CT molecular complexity index is 647. The van der Waals surface area contributed by atoms with E-state index in [0.717, 1.165) is 5.56 Å². The van der Waals surface area contributed by atoms with Crippen LogP contribution in [0.25, 0.3) is 11.3 Å². The number of carbonyl (C=O) groups is 1. The lowest BCUT2D eigenvalue weighted by Gasteiger charge is -2.19. The van der Waals surface area contributed by atoms with Crippen molar-refractivity contribution >= 4 is 11.8 Å². The van der Waals surface area contributed by atoms with Crippen LogP contribution in [0.4, 0.5) is 10.5 Å². The van der Waals surface area contributed by atoms with Crippen molar-refractivity contribution in [1.29, 1.82) is 0 Å². The molecule has 0 aliphatic heterocycles. The van der Waals surface area contributed by atoms with Crippen molar-refractivity contribution in [2.24, 2.45) is 0 Å². The van der Waals surface area contributed by atoms with Crippen molar-refractivity contribution in [2.75, 3.05) is 5.32 Å². The van der Waals surface area contributed by atoms with E-state index < -0.39 is 11.7 Å². The summed E-state index contributed by atoms with van der Waals surface area (Å²) in [6, 6.07) is 8.54. The van der Waals surface area contributed by atoms with Crippen LogP contribution in [-0.2, 0) is 4.74 Å². The number of anilines is 1. The molecule has 2 aromatic rings. The van der Waals surface area contributed by atoms with Crippen molar-refractivity contribution < 1.29 is 9.53 Å². The number of aromatic amines is 2. The fourth-order valence-electron chi connectivity index (χ4n) is 1.64. The molecule has 6 heteroatoms. The van der Waals surface area contributed by atoms with Gasteiger partial charge in [-0.05, 0) is 38.5 Å². The zero-order chi connectivity index (χ0) is 14.8. The number of amides is 1. The molecular weight excluding hydrogens is 258 g/mol. The average Bonchev–Trinajstić information content (AvgIpc) is 2.74. The van der Waals surface area contributed by atoms with Crippen LogP contribution in [0.3, 0.4) is 0 Å². The van der Waals surface area contributed by atoms with E-state index >= 15 is 0 Å². The van der Waals surface area contributed by atoms with E-state index in [-0.39, 0.29) is 5.56 Å². The van der Waals surface area contributed by atoms with Crippen LogP contribution in [0.2, 0.25) is 0 Å². The summed E-state index contributed by atoms with van der Waals surface area (Å²) in [6.45, 7) is 5.41. The van der Waals surface area contributed by atoms with Crippen LogP contribution >= 0.6 is 0 Å². The van der Waals surface area contributed by atoms with Gasteiger partial charge in [-0.3, -0.25) is 20.3 Å². The topological polar surface area (TPSA) is 87.0 Å². The Morgan fingerprint density at radius 3 is 2.30 bits per heavy atom. The molecule has 2 rings (SSSR count). The van der Waals surface area contributed by atoms with Gasteiger partial charge in [0, 0.05) is 11.8 Å². The molecule has 0 saturated heterocycles. The molecule has 1 aromatic carbocycles.